The first-order valence-corrected chi connectivity index (χ1v) is 4.10. The number of nitrogens with zero attached hydrogens (tertiary/aromatic N) is 4. The zero-order chi connectivity index (χ0) is 9.14. The average molecular weight is 278 g/mol. The molecule has 0 radical (unpaired) electrons. The number of aromatic nitrogens is 1. The first-order chi connectivity index (χ1) is 5.66. The summed E-state index contributed by atoms with van der Waals surface area (Å²) in [6.07, 6.45) is 1.21. The van der Waals surface area contributed by atoms with Crippen LogP contribution >= 0.6 is 22.6 Å². The maximum absolute atomic E-state index is 12.7. The van der Waals surface area contributed by atoms with Gasteiger partial charge in [0.25, 0.3) is 0 Å². The van der Waals surface area contributed by atoms with Gasteiger partial charge in [0.1, 0.15) is 0 Å². The normalized spacial score (nSPS) is 9.25. The van der Waals surface area contributed by atoms with E-state index in [4.69, 9.17) is 5.53 Å². The van der Waals surface area contributed by atoms with Gasteiger partial charge in [0.15, 0.2) is 0 Å². The molecule has 0 aliphatic heterocycles. The summed E-state index contributed by atoms with van der Waals surface area (Å²) in [7, 11) is 0. The van der Waals surface area contributed by atoms with Crippen LogP contribution in [0, 0.1) is 16.4 Å². The minimum absolute atomic E-state index is 0.358. The Balaban J connectivity index is 3.35. The van der Waals surface area contributed by atoms with Gasteiger partial charge < -0.3 is 0 Å². The third kappa shape index (κ3) is 1.64. The van der Waals surface area contributed by atoms with E-state index in [0.29, 0.717) is 14.8 Å². The van der Waals surface area contributed by atoms with Crippen molar-refractivity contribution in [2.45, 2.75) is 6.92 Å². The van der Waals surface area contributed by atoms with Gasteiger partial charge in [0, 0.05) is 20.2 Å². The van der Waals surface area contributed by atoms with Crippen molar-refractivity contribution in [2.75, 3.05) is 0 Å². The summed E-state index contributed by atoms with van der Waals surface area (Å²) in [4.78, 5) is 6.02. The molecule has 1 heterocycles. The van der Waals surface area contributed by atoms with Crippen LogP contribution in [0.5, 0.6) is 0 Å². The number of azide groups is 1. The van der Waals surface area contributed by atoms with Crippen LogP contribution in [-0.2, 0) is 0 Å². The fourth-order valence-electron chi connectivity index (χ4n) is 0.672. The number of pyridine rings is 1. The van der Waals surface area contributed by atoms with Gasteiger partial charge in [0.2, 0.25) is 5.95 Å². The van der Waals surface area contributed by atoms with Crippen LogP contribution < -0.4 is 0 Å². The number of halogens is 2. The highest BCUT2D eigenvalue weighted by molar-refractivity contribution is 14.1. The Morgan fingerprint density at radius 1 is 1.75 bits per heavy atom. The molecule has 0 aliphatic carbocycles. The molecule has 62 valence electrons. The van der Waals surface area contributed by atoms with Gasteiger partial charge in [-0.15, -0.1) is 0 Å². The van der Waals surface area contributed by atoms with Gasteiger partial charge in [-0.3, -0.25) is 0 Å². The molecule has 0 N–H and O–H groups in total. The van der Waals surface area contributed by atoms with Gasteiger partial charge in [-0.05, 0) is 35.0 Å². The van der Waals surface area contributed by atoms with Crippen molar-refractivity contribution in [3.63, 3.8) is 0 Å². The second-order valence-electron chi connectivity index (χ2n) is 2.06. The highest BCUT2D eigenvalue weighted by Crippen LogP contribution is 2.24. The van der Waals surface area contributed by atoms with Crippen molar-refractivity contribution in [3.8, 4) is 0 Å². The second kappa shape index (κ2) is 3.68. The lowest BCUT2D eigenvalue weighted by molar-refractivity contribution is 0.573. The zero-order valence-corrected chi connectivity index (χ0v) is 8.28. The van der Waals surface area contributed by atoms with Gasteiger partial charge in [-0.25, -0.2) is 4.98 Å². The molecule has 1 rings (SSSR count). The quantitative estimate of drug-likeness (QED) is 0.256. The Morgan fingerprint density at radius 2 is 2.42 bits per heavy atom. The average Bonchev–Trinajstić information content (AvgIpc) is 2.07. The summed E-state index contributed by atoms with van der Waals surface area (Å²) in [5, 5.41) is 3.35. The molecule has 0 aliphatic rings. The molecule has 1 aromatic heterocycles. The fourth-order valence-corrected chi connectivity index (χ4v) is 1.14. The minimum atomic E-state index is -0.531. The van der Waals surface area contributed by atoms with E-state index in [1.54, 1.807) is 6.92 Å². The molecule has 6 heteroatoms. The van der Waals surface area contributed by atoms with E-state index < -0.39 is 5.95 Å². The molecule has 0 saturated heterocycles. The molecule has 0 saturated carbocycles. The molecule has 4 nitrogen and oxygen atoms in total. The van der Waals surface area contributed by atoms with Crippen LogP contribution in [0.15, 0.2) is 11.3 Å². The Hall–Kier alpha value is -0.880. The molecular weight excluding hydrogens is 274 g/mol. The van der Waals surface area contributed by atoms with Crippen molar-refractivity contribution < 1.29 is 4.39 Å². The lowest BCUT2D eigenvalue weighted by Gasteiger charge is -2.00. The van der Waals surface area contributed by atoms with Crippen LogP contribution in [0.4, 0.5) is 10.1 Å². The van der Waals surface area contributed by atoms with Crippen molar-refractivity contribution in [1.29, 1.82) is 0 Å². The standard InChI is InChI=1S/C6H4FIN4/c1-3-5(8)4(11-12-9)2-10-6(3)7/h2H,1H3. The number of rotatable bonds is 1. The van der Waals surface area contributed by atoms with Crippen LogP contribution in [0.1, 0.15) is 5.56 Å². The van der Waals surface area contributed by atoms with Crippen LogP contribution in [0.25, 0.3) is 10.4 Å². The Morgan fingerprint density at radius 3 is 3.00 bits per heavy atom. The van der Waals surface area contributed by atoms with Gasteiger partial charge >= 0.3 is 0 Å². The summed E-state index contributed by atoms with van der Waals surface area (Å²) in [5.74, 6) is -0.531. The summed E-state index contributed by atoms with van der Waals surface area (Å²) in [6, 6.07) is 0. The van der Waals surface area contributed by atoms with Crippen molar-refractivity contribution >= 4 is 28.3 Å². The first-order valence-electron chi connectivity index (χ1n) is 3.02. The minimum Gasteiger partial charge on any atom is -0.228 e. The molecule has 1 aromatic rings. The third-order valence-electron chi connectivity index (χ3n) is 1.32. The maximum Gasteiger partial charge on any atom is 0.216 e. The largest absolute Gasteiger partial charge is 0.228 e. The Kier molecular flexibility index (Phi) is 2.83. The highest BCUT2D eigenvalue weighted by atomic mass is 127. The van der Waals surface area contributed by atoms with Crippen molar-refractivity contribution in [3.05, 3.63) is 31.7 Å². The molecule has 12 heavy (non-hydrogen) atoms. The SMILES string of the molecule is Cc1c(F)ncc(N=[N+]=[N-])c1I. The van der Waals surface area contributed by atoms with E-state index in [1.807, 2.05) is 22.6 Å². The first kappa shape index (κ1) is 9.21. The predicted molar refractivity (Wildman–Crippen MR) is 50.5 cm³/mol. The van der Waals surface area contributed by atoms with Gasteiger partial charge in [0.05, 0.1) is 5.69 Å². The van der Waals surface area contributed by atoms with Crippen molar-refractivity contribution in [1.82, 2.24) is 4.98 Å². The molecule has 0 aromatic carbocycles. The van der Waals surface area contributed by atoms with Crippen LogP contribution in [0.3, 0.4) is 0 Å². The van der Waals surface area contributed by atoms with E-state index in [9.17, 15) is 4.39 Å². The molecular formula is C6H4FIN4. The van der Waals surface area contributed by atoms with Crippen molar-refractivity contribution in [2.24, 2.45) is 5.11 Å². The topological polar surface area (TPSA) is 61.7 Å². The lowest BCUT2D eigenvalue weighted by atomic mass is 10.3. The van der Waals surface area contributed by atoms with E-state index in [2.05, 4.69) is 15.0 Å². The summed E-state index contributed by atoms with van der Waals surface area (Å²) >= 11 is 1.91. The van der Waals surface area contributed by atoms with Crippen LogP contribution in [-0.4, -0.2) is 4.98 Å². The Labute approximate surface area is 81.6 Å². The van der Waals surface area contributed by atoms with E-state index in [0.717, 1.165) is 0 Å². The highest BCUT2D eigenvalue weighted by Gasteiger charge is 2.06. The van der Waals surface area contributed by atoms with Crippen LogP contribution in [0.2, 0.25) is 0 Å². The van der Waals surface area contributed by atoms with E-state index in [1.165, 1.54) is 6.20 Å². The summed E-state index contributed by atoms with van der Waals surface area (Å²) in [5.41, 5.74) is 8.90. The van der Waals surface area contributed by atoms with E-state index in [-0.39, 0.29) is 0 Å². The second-order valence-corrected chi connectivity index (χ2v) is 3.14. The maximum atomic E-state index is 12.7. The molecule has 0 fully saturated rings. The Bertz CT molecular complexity index is 359. The monoisotopic (exact) mass is 278 g/mol. The molecule has 0 bridgehead atoms. The molecule has 0 unspecified atom stereocenters. The zero-order valence-electron chi connectivity index (χ0n) is 6.12. The number of hydrogen-bond donors (Lipinski definition) is 0. The number of hydrogen-bond acceptors (Lipinski definition) is 2. The fraction of sp³-hybridized carbons (Fsp3) is 0.167. The summed E-state index contributed by atoms with van der Waals surface area (Å²) < 4.78 is 13.3. The van der Waals surface area contributed by atoms with E-state index >= 15 is 0 Å². The smallest absolute Gasteiger partial charge is 0.216 e. The summed E-state index contributed by atoms with van der Waals surface area (Å²) in [6.45, 7) is 1.58. The third-order valence-corrected chi connectivity index (χ3v) is 2.68. The van der Waals surface area contributed by atoms with Gasteiger partial charge in [-0.1, -0.05) is 5.11 Å². The molecule has 0 atom stereocenters. The molecule has 0 spiro atoms. The van der Waals surface area contributed by atoms with Gasteiger partial charge in [-0.2, -0.15) is 4.39 Å². The molecule has 0 amide bonds. The predicted octanol–water partition coefficient (Wildman–Crippen LogP) is 3.08. The lowest BCUT2D eigenvalue weighted by Crippen LogP contribution is -1.90.